The summed E-state index contributed by atoms with van der Waals surface area (Å²) >= 11 is 0. The molecule has 2 aromatic carbocycles. The van der Waals surface area contributed by atoms with Gasteiger partial charge in [-0.3, -0.25) is 15.1 Å². The molecule has 8 heteroatoms. The first-order valence-electron chi connectivity index (χ1n) is 9.43. The molecule has 2 aromatic heterocycles. The highest BCUT2D eigenvalue weighted by atomic mass is 16.6. The largest absolute Gasteiger partial charge is 0.455 e. The molecular formula is C22H19N5O3. The van der Waals surface area contributed by atoms with E-state index in [1.807, 2.05) is 37.3 Å². The Balaban J connectivity index is 1.59. The number of fused-ring (bicyclic) bond motifs is 1. The molecule has 0 aliphatic rings. The van der Waals surface area contributed by atoms with E-state index in [2.05, 4.69) is 27.2 Å². The number of ether oxygens (including phenoxy) is 1. The van der Waals surface area contributed by atoms with Crippen molar-refractivity contribution in [1.29, 1.82) is 0 Å². The van der Waals surface area contributed by atoms with Crippen LogP contribution in [0.1, 0.15) is 18.2 Å². The number of pyridine rings is 1. The van der Waals surface area contributed by atoms with E-state index in [0.717, 1.165) is 29.1 Å². The highest BCUT2D eigenvalue weighted by Crippen LogP contribution is 2.30. The fourth-order valence-electron chi connectivity index (χ4n) is 3.04. The molecule has 8 nitrogen and oxygen atoms in total. The van der Waals surface area contributed by atoms with Crippen molar-refractivity contribution in [3.63, 3.8) is 0 Å². The third kappa shape index (κ3) is 4.02. The Morgan fingerprint density at radius 2 is 1.93 bits per heavy atom. The molecule has 2 heterocycles. The zero-order valence-corrected chi connectivity index (χ0v) is 16.5. The molecule has 0 aliphatic carbocycles. The van der Waals surface area contributed by atoms with Crippen LogP contribution < -0.4 is 10.1 Å². The molecule has 0 unspecified atom stereocenters. The molecule has 0 atom stereocenters. The van der Waals surface area contributed by atoms with Crippen LogP contribution in [0.5, 0.6) is 11.5 Å². The van der Waals surface area contributed by atoms with Crippen molar-refractivity contribution >= 4 is 28.1 Å². The van der Waals surface area contributed by atoms with Crippen LogP contribution >= 0.6 is 0 Å². The minimum absolute atomic E-state index is 0.0111. The van der Waals surface area contributed by atoms with Crippen LogP contribution in [0.15, 0.2) is 61.1 Å². The summed E-state index contributed by atoms with van der Waals surface area (Å²) in [6, 6.07) is 14.0. The van der Waals surface area contributed by atoms with E-state index in [0.29, 0.717) is 22.5 Å². The molecule has 30 heavy (non-hydrogen) atoms. The molecule has 4 aromatic rings. The van der Waals surface area contributed by atoms with Gasteiger partial charge in [0.2, 0.25) is 0 Å². The van der Waals surface area contributed by atoms with Crippen LogP contribution in [0, 0.1) is 17.0 Å². The number of rotatable bonds is 6. The van der Waals surface area contributed by atoms with E-state index < -0.39 is 4.92 Å². The first-order chi connectivity index (χ1) is 14.5. The molecule has 150 valence electrons. The van der Waals surface area contributed by atoms with E-state index in [4.69, 9.17) is 4.74 Å². The summed E-state index contributed by atoms with van der Waals surface area (Å²) in [5, 5.41) is 14.9. The lowest BCUT2D eigenvalue weighted by molar-refractivity contribution is -0.384. The van der Waals surface area contributed by atoms with Crippen LogP contribution in [0.2, 0.25) is 0 Å². The minimum atomic E-state index is -0.436. The van der Waals surface area contributed by atoms with Gasteiger partial charge in [0.15, 0.2) is 0 Å². The SMILES string of the molecule is CCc1ccc(Oc2ccc(Nc3ncnc4ccc([N+](=O)[O-])cc34)cc2C)cn1. The van der Waals surface area contributed by atoms with Gasteiger partial charge in [-0.05, 0) is 55.3 Å². The highest BCUT2D eigenvalue weighted by Gasteiger charge is 2.11. The molecular weight excluding hydrogens is 382 g/mol. The number of aromatic nitrogens is 3. The maximum absolute atomic E-state index is 11.1. The minimum Gasteiger partial charge on any atom is -0.455 e. The molecule has 0 bridgehead atoms. The zero-order valence-electron chi connectivity index (χ0n) is 16.5. The van der Waals surface area contributed by atoms with Crippen molar-refractivity contribution in [1.82, 2.24) is 15.0 Å². The molecule has 0 amide bonds. The van der Waals surface area contributed by atoms with E-state index in [-0.39, 0.29) is 5.69 Å². The summed E-state index contributed by atoms with van der Waals surface area (Å²) in [4.78, 5) is 23.4. The molecule has 0 radical (unpaired) electrons. The maximum Gasteiger partial charge on any atom is 0.270 e. The monoisotopic (exact) mass is 401 g/mol. The number of nitro benzene ring substituents is 1. The van der Waals surface area contributed by atoms with Gasteiger partial charge in [0.05, 0.1) is 16.6 Å². The molecule has 0 saturated carbocycles. The van der Waals surface area contributed by atoms with Crippen molar-refractivity contribution in [3.8, 4) is 11.5 Å². The van der Waals surface area contributed by atoms with Gasteiger partial charge in [0.1, 0.15) is 23.6 Å². The van der Waals surface area contributed by atoms with Crippen LogP contribution in [0.4, 0.5) is 17.2 Å². The summed E-state index contributed by atoms with van der Waals surface area (Å²) < 4.78 is 5.94. The number of anilines is 2. The summed E-state index contributed by atoms with van der Waals surface area (Å²) in [6.45, 7) is 4.00. The van der Waals surface area contributed by atoms with Gasteiger partial charge in [-0.1, -0.05) is 6.92 Å². The Morgan fingerprint density at radius 3 is 2.63 bits per heavy atom. The van der Waals surface area contributed by atoms with Crippen LogP contribution in [-0.2, 0) is 6.42 Å². The van der Waals surface area contributed by atoms with E-state index >= 15 is 0 Å². The fraction of sp³-hybridized carbons (Fsp3) is 0.136. The van der Waals surface area contributed by atoms with E-state index in [9.17, 15) is 10.1 Å². The summed E-state index contributed by atoms with van der Waals surface area (Å²) in [5.41, 5.74) is 3.33. The van der Waals surface area contributed by atoms with Gasteiger partial charge in [-0.25, -0.2) is 9.97 Å². The first kappa shape index (κ1) is 19.3. The standard InChI is InChI=1S/C22H19N5O3/c1-3-15-4-7-18(12-23-15)30-21-9-5-16(10-14(21)2)26-22-19-11-17(27(28)29)6-8-20(19)24-13-25-22/h4-13H,3H2,1-2H3,(H,24,25,26). The highest BCUT2D eigenvalue weighted by molar-refractivity contribution is 5.92. The van der Waals surface area contributed by atoms with Crippen molar-refractivity contribution in [2.75, 3.05) is 5.32 Å². The summed E-state index contributed by atoms with van der Waals surface area (Å²) in [7, 11) is 0. The zero-order chi connectivity index (χ0) is 21.1. The lowest BCUT2D eigenvalue weighted by atomic mass is 10.1. The Labute approximate surface area is 172 Å². The van der Waals surface area contributed by atoms with Gasteiger partial charge in [0.25, 0.3) is 5.69 Å². The average molecular weight is 401 g/mol. The topological polar surface area (TPSA) is 103 Å². The van der Waals surface area contributed by atoms with Gasteiger partial charge in [0, 0.05) is 28.9 Å². The van der Waals surface area contributed by atoms with Gasteiger partial charge in [-0.2, -0.15) is 0 Å². The predicted molar refractivity (Wildman–Crippen MR) is 114 cm³/mol. The third-order valence-electron chi connectivity index (χ3n) is 4.66. The number of non-ortho nitro benzene ring substituents is 1. The predicted octanol–water partition coefficient (Wildman–Crippen LogP) is 5.34. The fourth-order valence-corrected chi connectivity index (χ4v) is 3.04. The van der Waals surface area contributed by atoms with Gasteiger partial charge in [-0.15, -0.1) is 0 Å². The van der Waals surface area contributed by atoms with Crippen LogP contribution in [0.3, 0.4) is 0 Å². The summed E-state index contributed by atoms with van der Waals surface area (Å²) in [6.07, 6.45) is 4.01. The first-order valence-corrected chi connectivity index (χ1v) is 9.43. The van der Waals surface area contributed by atoms with Crippen LogP contribution in [-0.4, -0.2) is 19.9 Å². The normalized spacial score (nSPS) is 10.7. The second-order valence-electron chi connectivity index (χ2n) is 6.73. The van der Waals surface area contributed by atoms with Crippen molar-refractivity contribution < 1.29 is 9.66 Å². The Morgan fingerprint density at radius 1 is 1.07 bits per heavy atom. The smallest absolute Gasteiger partial charge is 0.270 e. The number of aryl methyl sites for hydroxylation is 2. The lowest BCUT2D eigenvalue weighted by Crippen LogP contribution is -1.98. The number of nitrogens with zero attached hydrogens (tertiary/aromatic N) is 4. The molecule has 0 saturated heterocycles. The number of nitrogens with one attached hydrogen (secondary N) is 1. The number of hydrogen-bond acceptors (Lipinski definition) is 7. The van der Waals surface area contributed by atoms with Gasteiger partial charge >= 0.3 is 0 Å². The Bertz CT molecular complexity index is 1230. The lowest BCUT2D eigenvalue weighted by Gasteiger charge is -2.12. The Kier molecular flexibility index (Phi) is 5.21. The molecule has 0 spiro atoms. The molecule has 0 aliphatic heterocycles. The maximum atomic E-state index is 11.1. The second kappa shape index (κ2) is 8.12. The molecule has 0 fully saturated rings. The van der Waals surface area contributed by atoms with Crippen molar-refractivity contribution in [3.05, 3.63) is 82.4 Å². The summed E-state index contributed by atoms with van der Waals surface area (Å²) in [5.74, 6) is 1.89. The molecule has 4 rings (SSSR count). The van der Waals surface area contributed by atoms with Crippen molar-refractivity contribution in [2.45, 2.75) is 20.3 Å². The van der Waals surface area contributed by atoms with Crippen molar-refractivity contribution in [2.24, 2.45) is 0 Å². The molecule has 1 N–H and O–H groups in total. The third-order valence-corrected chi connectivity index (χ3v) is 4.66. The average Bonchev–Trinajstić information content (AvgIpc) is 2.76. The number of benzene rings is 2. The van der Waals surface area contributed by atoms with E-state index in [1.54, 1.807) is 12.3 Å². The van der Waals surface area contributed by atoms with Gasteiger partial charge < -0.3 is 10.1 Å². The number of hydrogen-bond donors (Lipinski definition) is 1. The van der Waals surface area contributed by atoms with Crippen LogP contribution in [0.25, 0.3) is 10.9 Å². The quantitative estimate of drug-likeness (QED) is 0.343. The Hall–Kier alpha value is -4.07. The van der Waals surface area contributed by atoms with E-state index in [1.165, 1.54) is 18.5 Å². The second-order valence-corrected chi connectivity index (χ2v) is 6.73. The number of nitro groups is 1.